The number of amides is 2. The Balaban J connectivity index is 1.85. The van der Waals surface area contributed by atoms with Crippen LogP contribution in [0.2, 0.25) is 0 Å². The molecule has 1 heterocycles. The third kappa shape index (κ3) is 3.79. The van der Waals surface area contributed by atoms with Crippen molar-refractivity contribution in [2.75, 3.05) is 23.4 Å². The summed E-state index contributed by atoms with van der Waals surface area (Å²) < 4.78 is 32.7. The van der Waals surface area contributed by atoms with E-state index in [2.05, 4.69) is 5.32 Å². The molecule has 0 aromatic heterocycles. The molecule has 1 aliphatic heterocycles. The number of rotatable bonds is 5. The monoisotopic (exact) mass is 374 g/mol. The Morgan fingerprint density at radius 2 is 1.89 bits per heavy atom. The van der Waals surface area contributed by atoms with Gasteiger partial charge in [0.05, 0.1) is 5.69 Å². The molecule has 0 aliphatic carbocycles. The average molecular weight is 374 g/mol. The lowest BCUT2D eigenvalue weighted by Gasteiger charge is -2.29. The second-order valence-corrected chi connectivity index (χ2v) is 5.87. The fourth-order valence-electron chi connectivity index (χ4n) is 2.69. The summed E-state index contributed by atoms with van der Waals surface area (Å²) >= 11 is 0. The maximum absolute atomic E-state index is 13.7. The SMILES string of the molecule is CCC(=O)c1ccc2c(c1)N(CC(=O)Nc1c(F)cccc1F)C(=O)CO2. The van der Waals surface area contributed by atoms with Crippen molar-refractivity contribution in [2.45, 2.75) is 13.3 Å². The first-order valence-corrected chi connectivity index (χ1v) is 8.25. The summed E-state index contributed by atoms with van der Waals surface area (Å²) in [6, 6.07) is 7.79. The Kier molecular flexibility index (Phi) is 5.16. The highest BCUT2D eigenvalue weighted by Gasteiger charge is 2.28. The van der Waals surface area contributed by atoms with E-state index >= 15 is 0 Å². The van der Waals surface area contributed by atoms with Crippen LogP contribution in [0.25, 0.3) is 0 Å². The van der Waals surface area contributed by atoms with Crippen LogP contribution in [0.3, 0.4) is 0 Å². The second-order valence-electron chi connectivity index (χ2n) is 5.87. The number of anilines is 2. The number of hydrogen-bond acceptors (Lipinski definition) is 4. The largest absolute Gasteiger partial charge is 0.482 e. The molecule has 140 valence electrons. The number of fused-ring (bicyclic) bond motifs is 1. The Morgan fingerprint density at radius 1 is 1.19 bits per heavy atom. The van der Waals surface area contributed by atoms with Gasteiger partial charge in [0.2, 0.25) is 5.91 Å². The van der Waals surface area contributed by atoms with Gasteiger partial charge in [0, 0.05) is 12.0 Å². The minimum atomic E-state index is -0.923. The zero-order valence-electron chi connectivity index (χ0n) is 14.4. The molecule has 2 aromatic rings. The quantitative estimate of drug-likeness (QED) is 0.817. The average Bonchev–Trinajstić information content (AvgIpc) is 2.66. The number of ketones is 1. The van der Waals surface area contributed by atoms with E-state index in [1.807, 2.05) is 0 Å². The Morgan fingerprint density at radius 3 is 2.56 bits per heavy atom. The van der Waals surface area contributed by atoms with E-state index in [9.17, 15) is 23.2 Å². The van der Waals surface area contributed by atoms with Gasteiger partial charge in [-0.25, -0.2) is 8.78 Å². The van der Waals surface area contributed by atoms with Crippen molar-refractivity contribution in [3.8, 4) is 5.75 Å². The number of benzene rings is 2. The van der Waals surface area contributed by atoms with Crippen LogP contribution in [0.5, 0.6) is 5.75 Å². The summed E-state index contributed by atoms with van der Waals surface area (Å²) in [7, 11) is 0. The molecule has 0 bridgehead atoms. The molecule has 8 heteroatoms. The molecule has 1 aliphatic rings. The molecule has 0 saturated heterocycles. The highest BCUT2D eigenvalue weighted by molar-refractivity contribution is 6.06. The van der Waals surface area contributed by atoms with Crippen LogP contribution in [0.1, 0.15) is 23.7 Å². The molecule has 0 atom stereocenters. The molecule has 0 fully saturated rings. The van der Waals surface area contributed by atoms with Crippen LogP contribution in [-0.4, -0.2) is 30.7 Å². The van der Waals surface area contributed by atoms with E-state index in [0.717, 1.165) is 17.0 Å². The van der Waals surface area contributed by atoms with Gasteiger partial charge >= 0.3 is 0 Å². The van der Waals surface area contributed by atoms with E-state index in [1.165, 1.54) is 12.1 Å². The summed E-state index contributed by atoms with van der Waals surface area (Å²) in [6.07, 6.45) is 0.278. The molecule has 0 radical (unpaired) electrons. The highest BCUT2D eigenvalue weighted by Crippen LogP contribution is 2.33. The molecule has 6 nitrogen and oxygen atoms in total. The van der Waals surface area contributed by atoms with Gasteiger partial charge in [0.1, 0.15) is 29.6 Å². The van der Waals surface area contributed by atoms with Gasteiger partial charge in [0.25, 0.3) is 5.91 Å². The molecular weight excluding hydrogens is 358 g/mol. The fourth-order valence-corrected chi connectivity index (χ4v) is 2.69. The van der Waals surface area contributed by atoms with E-state index in [4.69, 9.17) is 4.74 Å². The lowest BCUT2D eigenvalue weighted by Crippen LogP contribution is -2.43. The number of nitrogens with zero attached hydrogens (tertiary/aromatic N) is 1. The number of carbonyl (C=O) groups excluding carboxylic acids is 3. The van der Waals surface area contributed by atoms with Crippen molar-refractivity contribution in [3.63, 3.8) is 0 Å². The van der Waals surface area contributed by atoms with Crippen molar-refractivity contribution in [1.29, 1.82) is 0 Å². The Bertz CT molecular complexity index is 910. The van der Waals surface area contributed by atoms with Crippen molar-refractivity contribution in [2.24, 2.45) is 0 Å². The first-order chi connectivity index (χ1) is 12.9. The number of hydrogen-bond donors (Lipinski definition) is 1. The molecule has 0 saturated carbocycles. The predicted octanol–water partition coefficient (Wildman–Crippen LogP) is 2.92. The van der Waals surface area contributed by atoms with Crippen LogP contribution in [0, 0.1) is 11.6 Å². The normalized spacial score (nSPS) is 13.0. The third-order valence-corrected chi connectivity index (χ3v) is 4.07. The topological polar surface area (TPSA) is 75.7 Å². The smallest absolute Gasteiger partial charge is 0.265 e. The maximum Gasteiger partial charge on any atom is 0.265 e. The van der Waals surface area contributed by atoms with Gasteiger partial charge in [-0.3, -0.25) is 19.3 Å². The number of carbonyl (C=O) groups is 3. The van der Waals surface area contributed by atoms with Crippen LogP contribution in [0.4, 0.5) is 20.2 Å². The van der Waals surface area contributed by atoms with E-state index < -0.39 is 35.7 Å². The van der Waals surface area contributed by atoms with Crippen molar-refractivity contribution >= 4 is 29.0 Å². The molecule has 1 N–H and O–H groups in total. The first kappa shape index (κ1) is 18.5. The summed E-state index contributed by atoms with van der Waals surface area (Å²) in [6.45, 7) is 0.944. The lowest BCUT2D eigenvalue weighted by atomic mass is 10.1. The van der Waals surface area contributed by atoms with E-state index in [0.29, 0.717) is 11.3 Å². The zero-order valence-corrected chi connectivity index (χ0v) is 14.4. The van der Waals surface area contributed by atoms with Crippen LogP contribution < -0.4 is 15.0 Å². The maximum atomic E-state index is 13.7. The molecular formula is C19H16F2N2O4. The number of ether oxygens (including phenoxy) is 1. The second kappa shape index (κ2) is 7.53. The molecule has 27 heavy (non-hydrogen) atoms. The summed E-state index contributed by atoms with van der Waals surface area (Å²) in [4.78, 5) is 37.5. The van der Waals surface area contributed by atoms with E-state index in [-0.39, 0.29) is 24.5 Å². The van der Waals surface area contributed by atoms with Gasteiger partial charge in [-0.2, -0.15) is 0 Å². The summed E-state index contributed by atoms with van der Waals surface area (Å²) in [5.74, 6) is -2.93. The Hall–Kier alpha value is -3.29. The van der Waals surface area contributed by atoms with Crippen molar-refractivity contribution in [1.82, 2.24) is 0 Å². The summed E-state index contributed by atoms with van der Waals surface area (Å²) in [5, 5.41) is 2.14. The van der Waals surface area contributed by atoms with Crippen molar-refractivity contribution in [3.05, 3.63) is 53.6 Å². The Labute approximate surface area is 153 Å². The fraction of sp³-hybridized carbons (Fsp3) is 0.211. The number of nitrogens with one attached hydrogen (secondary N) is 1. The van der Waals surface area contributed by atoms with Crippen LogP contribution in [0.15, 0.2) is 36.4 Å². The number of halogens is 2. The highest BCUT2D eigenvalue weighted by atomic mass is 19.1. The first-order valence-electron chi connectivity index (χ1n) is 8.25. The lowest BCUT2D eigenvalue weighted by molar-refractivity contribution is -0.123. The molecule has 2 amide bonds. The van der Waals surface area contributed by atoms with E-state index in [1.54, 1.807) is 19.1 Å². The van der Waals surface area contributed by atoms with Crippen LogP contribution >= 0.6 is 0 Å². The van der Waals surface area contributed by atoms with Gasteiger partial charge < -0.3 is 10.1 Å². The minimum absolute atomic E-state index is 0.131. The molecule has 0 spiro atoms. The standard InChI is InChI=1S/C19H16F2N2O4/c1-2-15(24)11-6-7-16-14(8-11)23(18(26)10-27-16)9-17(25)22-19-12(20)4-3-5-13(19)21/h3-8H,2,9-10H2,1H3,(H,22,25). The summed E-state index contributed by atoms with van der Waals surface area (Å²) in [5.41, 5.74) is 0.0492. The van der Waals surface area contributed by atoms with Gasteiger partial charge in [-0.15, -0.1) is 0 Å². The zero-order chi connectivity index (χ0) is 19.6. The third-order valence-electron chi connectivity index (χ3n) is 4.07. The van der Waals surface area contributed by atoms with Crippen molar-refractivity contribution < 1.29 is 27.9 Å². The molecule has 3 rings (SSSR count). The minimum Gasteiger partial charge on any atom is -0.482 e. The van der Waals surface area contributed by atoms with Crippen LogP contribution in [-0.2, 0) is 9.59 Å². The predicted molar refractivity (Wildman–Crippen MR) is 93.9 cm³/mol. The molecule has 2 aromatic carbocycles. The number of para-hydroxylation sites is 1. The van der Waals surface area contributed by atoms with Gasteiger partial charge in [0.15, 0.2) is 12.4 Å². The van der Waals surface area contributed by atoms with Gasteiger partial charge in [-0.1, -0.05) is 13.0 Å². The van der Waals surface area contributed by atoms with Gasteiger partial charge in [-0.05, 0) is 30.3 Å². The number of Topliss-reactive ketones (excluding diaryl/α,β-unsaturated/α-hetero) is 1. The molecule has 0 unspecified atom stereocenters.